The molecule has 2 aromatic carbocycles. The van der Waals surface area contributed by atoms with Crippen LogP contribution in [0.2, 0.25) is 0 Å². The minimum absolute atomic E-state index is 0.0532. The molecule has 1 heterocycles. The predicted molar refractivity (Wildman–Crippen MR) is 115 cm³/mol. The highest BCUT2D eigenvalue weighted by Crippen LogP contribution is 2.44. The number of ether oxygens (including phenoxy) is 1. The maximum absolute atomic E-state index is 12.7. The molecular weight excluding hydrogens is 396 g/mol. The van der Waals surface area contributed by atoms with Gasteiger partial charge in [-0.25, -0.2) is 4.79 Å². The molecule has 2 amide bonds. The molecule has 1 fully saturated rings. The third-order valence-corrected chi connectivity index (χ3v) is 6.13. The number of carbonyl (C=O) groups is 3. The molecule has 7 heteroatoms. The quantitative estimate of drug-likeness (QED) is 0.771. The summed E-state index contributed by atoms with van der Waals surface area (Å²) in [6.07, 6.45) is 0.544. The monoisotopic (exact) mass is 422 g/mol. The van der Waals surface area contributed by atoms with E-state index in [1.54, 1.807) is 6.92 Å². The van der Waals surface area contributed by atoms with E-state index >= 15 is 0 Å². The summed E-state index contributed by atoms with van der Waals surface area (Å²) in [4.78, 5) is 37.8. The van der Waals surface area contributed by atoms with Gasteiger partial charge in [0.25, 0.3) is 0 Å². The van der Waals surface area contributed by atoms with Crippen molar-refractivity contribution in [3.05, 3.63) is 59.7 Å². The van der Waals surface area contributed by atoms with Gasteiger partial charge in [-0.15, -0.1) is 0 Å². The van der Waals surface area contributed by atoms with E-state index in [0.29, 0.717) is 19.4 Å². The average molecular weight is 422 g/mol. The topological polar surface area (TPSA) is 95.9 Å². The second-order valence-electron chi connectivity index (χ2n) is 8.15. The second-order valence-corrected chi connectivity index (χ2v) is 8.15. The van der Waals surface area contributed by atoms with Crippen molar-refractivity contribution in [1.82, 2.24) is 10.2 Å². The zero-order valence-electron chi connectivity index (χ0n) is 17.4. The molecule has 1 unspecified atom stereocenters. The number of nitrogens with one attached hydrogen (secondary N) is 1. The van der Waals surface area contributed by atoms with E-state index in [9.17, 15) is 19.5 Å². The number of hydrogen-bond donors (Lipinski definition) is 2. The number of carboxylic acid groups (broad SMARTS) is 1. The maximum Gasteiger partial charge on any atom is 0.407 e. The molecule has 2 aromatic rings. The van der Waals surface area contributed by atoms with Crippen LogP contribution in [-0.4, -0.2) is 53.7 Å². The highest BCUT2D eigenvalue weighted by Gasteiger charge is 2.32. The van der Waals surface area contributed by atoms with Crippen LogP contribution in [0.4, 0.5) is 4.79 Å². The summed E-state index contributed by atoms with van der Waals surface area (Å²) in [6, 6.07) is 15.4. The molecule has 162 valence electrons. The van der Waals surface area contributed by atoms with Gasteiger partial charge in [0, 0.05) is 19.0 Å². The Labute approximate surface area is 181 Å². The lowest BCUT2D eigenvalue weighted by Gasteiger charge is -2.32. The Morgan fingerprint density at radius 3 is 2.32 bits per heavy atom. The number of amides is 2. The largest absolute Gasteiger partial charge is 0.481 e. The summed E-state index contributed by atoms with van der Waals surface area (Å²) in [7, 11) is 0. The van der Waals surface area contributed by atoms with E-state index < -0.39 is 24.0 Å². The molecule has 1 aliphatic carbocycles. The van der Waals surface area contributed by atoms with E-state index in [-0.39, 0.29) is 25.0 Å². The first-order valence-electron chi connectivity index (χ1n) is 10.6. The highest BCUT2D eigenvalue weighted by molar-refractivity contribution is 5.86. The fourth-order valence-electron chi connectivity index (χ4n) is 4.53. The summed E-state index contributed by atoms with van der Waals surface area (Å²) in [5, 5.41) is 11.8. The van der Waals surface area contributed by atoms with E-state index in [2.05, 4.69) is 17.4 Å². The number of carbonyl (C=O) groups excluding carboxylic acids is 2. The molecule has 0 aromatic heterocycles. The van der Waals surface area contributed by atoms with Gasteiger partial charge in [-0.2, -0.15) is 0 Å². The van der Waals surface area contributed by atoms with Crippen LogP contribution < -0.4 is 5.32 Å². The SMILES string of the molecule is CC(NC(=O)OCC1c2ccccc2-c2ccccc21)C(=O)N1CCC[C@H](C(=O)O)C1. The van der Waals surface area contributed by atoms with Gasteiger partial charge in [-0.05, 0) is 42.0 Å². The van der Waals surface area contributed by atoms with Crippen molar-refractivity contribution in [2.75, 3.05) is 19.7 Å². The Bertz CT molecular complexity index is 959. The zero-order chi connectivity index (χ0) is 22.0. The van der Waals surface area contributed by atoms with Gasteiger partial charge in [-0.1, -0.05) is 48.5 Å². The lowest BCUT2D eigenvalue weighted by Crippen LogP contribution is -2.51. The number of likely N-dealkylation sites (tertiary alicyclic amines) is 1. The molecule has 1 aliphatic heterocycles. The van der Waals surface area contributed by atoms with Gasteiger partial charge in [0.15, 0.2) is 0 Å². The Balaban J connectivity index is 1.35. The van der Waals surface area contributed by atoms with Crippen molar-refractivity contribution in [3.63, 3.8) is 0 Å². The minimum Gasteiger partial charge on any atom is -0.481 e. The van der Waals surface area contributed by atoms with Crippen molar-refractivity contribution in [3.8, 4) is 11.1 Å². The Kier molecular flexibility index (Phi) is 5.93. The van der Waals surface area contributed by atoms with Crippen molar-refractivity contribution in [2.24, 2.45) is 5.92 Å². The van der Waals surface area contributed by atoms with Crippen molar-refractivity contribution in [1.29, 1.82) is 0 Å². The summed E-state index contributed by atoms with van der Waals surface area (Å²) < 4.78 is 5.49. The molecule has 31 heavy (non-hydrogen) atoms. The number of benzene rings is 2. The number of hydrogen-bond acceptors (Lipinski definition) is 4. The van der Waals surface area contributed by atoms with E-state index in [1.807, 2.05) is 36.4 Å². The Hall–Kier alpha value is -3.35. The molecule has 2 atom stereocenters. The van der Waals surface area contributed by atoms with Crippen LogP contribution in [0.15, 0.2) is 48.5 Å². The number of nitrogens with zero attached hydrogens (tertiary/aromatic N) is 1. The van der Waals surface area contributed by atoms with Crippen molar-refractivity contribution < 1.29 is 24.2 Å². The van der Waals surface area contributed by atoms with Crippen LogP contribution in [0, 0.1) is 5.92 Å². The van der Waals surface area contributed by atoms with Crippen LogP contribution in [-0.2, 0) is 14.3 Å². The van der Waals surface area contributed by atoms with Crippen LogP contribution in [0.25, 0.3) is 11.1 Å². The summed E-state index contributed by atoms with van der Waals surface area (Å²) >= 11 is 0. The Morgan fingerprint density at radius 1 is 1.10 bits per heavy atom. The Morgan fingerprint density at radius 2 is 1.71 bits per heavy atom. The van der Waals surface area contributed by atoms with E-state index in [4.69, 9.17) is 4.74 Å². The van der Waals surface area contributed by atoms with Gasteiger partial charge < -0.3 is 20.1 Å². The predicted octanol–water partition coefficient (Wildman–Crippen LogP) is 3.24. The second kappa shape index (κ2) is 8.79. The third-order valence-electron chi connectivity index (χ3n) is 6.13. The molecule has 0 bridgehead atoms. The van der Waals surface area contributed by atoms with Gasteiger partial charge in [-0.3, -0.25) is 9.59 Å². The smallest absolute Gasteiger partial charge is 0.407 e. The summed E-state index contributed by atoms with van der Waals surface area (Å²) in [6.45, 7) is 2.43. The highest BCUT2D eigenvalue weighted by atomic mass is 16.5. The molecular formula is C24H26N2O5. The van der Waals surface area contributed by atoms with E-state index in [0.717, 1.165) is 22.3 Å². The van der Waals surface area contributed by atoms with Crippen LogP contribution >= 0.6 is 0 Å². The molecule has 1 saturated heterocycles. The third kappa shape index (κ3) is 4.26. The lowest BCUT2D eigenvalue weighted by atomic mass is 9.98. The number of piperidine rings is 1. The van der Waals surface area contributed by atoms with Gasteiger partial charge in [0.2, 0.25) is 5.91 Å². The number of aliphatic carboxylic acids is 1. The zero-order valence-corrected chi connectivity index (χ0v) is 17.4. The number of carboxylic acids is 1. The van der Waals surface area contributed by atoms with Crippen LogP contribution in [0.1, 0.15) is 36.8 Å². The van der Waals surface area contributed by atoms with Crippen molar-refractivity contribution >= 4 is 18.0 Å². The minimum atomic E-state index is -0.894. The summed E-state index contributed by atoms with van der Waals surface area (Å²) in [5.41, 5.74) is 4.53. The molecule has 4 rings (SSSR count). The molecule has 0 radical (unpaired) electrons. The van der Waals surface area contributed by atoms with Gasteiger partial charge in [0.1, 0.15) is 12.6 Å². The average Bonchev–Trinajstić information content (AvgIpc) is 3.11. The molecule has 2 aliphatic rings. The normalized spacial score (nSPS) is 18.6. The van der Waals surface area contributed by atoms with Gasteiger partial charge >= 0.3 is 12.1 Å². The fourth-order valence-corrected chi connectivity index (χ4v) is 4.53. The maximum atomic E-state index is 12.7. The molecule has 7 nitrogen and oxygen atoms in total. The van der Waals surface area contributed by atoms with Gasteiger partial charge in [0.05, 0.1) is 5.92 Å². The first kappa shape index (κ1) is 20.9. The van der Waals surface area contributed by atoms with Crippen LogP contribution in [0.5, 0.6) is 0 Å². The molecule has 2 N–H and O–H groups in total. The summed E-state index contributed by atoms with van der Waals surface area (Å²) in [5.74, 6) is -1.80. The standard InChI is InChI=1S/C24H26N2O5/c1-15(22(27)26-12-6-7-16(13-26)23(28)29)25-24(30)31-14-21-19-10-4-2-8-17(19)18-9-3-5-11-20(18)21/h2-5,8-11,15-16,21H,6-7,12-14H2,1H3,(H,25,30)(H,28,29)/t15?,16-/m0/s1. The van der Waals surface area contributed by atoms with Crippen molar-refractivity contribution in [2.45, 2.75) is 31.7 Å². The first-order chi connectivity index (χ1) is 15.0. The molecule has 0 spiro atoms. The van der Waals surface area contributed by atoms with Crippen LogP contribution in [0.3, 0.4) is 0 Å². The number of alkyl carbamates (subject to hydrolysis) is 1. The number of rotatable bonds is 5. The lowest BCUT2D eigenvalue weighted by molar-refractivity contribution is -0.146. The van der Waals surface area contributed by atoms with E-state index in [1.165, 1.54) is 4.90 Å². The number of fused-ring (bicyclic) bond motifs is 3. The fraction of sp³-hybridized carbons (Fsp3) is 0.375. The first-order valence-corrected chi connectivity index (χ1v) is 10.6. The molecule has 0 saturated carbocycles.